The third-order valence-electron chi connectivity index (χ3n) is 5.17. The Hall–Kier alpha value is -2.62. The molecule has 0 aliphatic heterocycles. The van der Waals surface area contributed by atoms with Gasteiger partial charge in [0.15, 0.2) is 5.96 Å². The molecule has 0 fully saturated rings. The first-order chi connectivity index (χ1) is 16.9. The van der Waals surface area contributed by atoms with E-state index in [1.165, 1.54) is 18.7 Å². The molecule has 0 rings (SSSR count). The van der Waals surface area contributed by atoms with Gasteiger partial charge in [0, 0.05) is 6.54 Å². The molecule has 5 atom stereocenters. The first-order valence-corrected chi connectivity index (χ1v) is 13.2. The summed E-state index contributed by atoms with van der Waals surface area (Å²) in [5, 5.41) is 26.9. The number of carboxylic acid groups (broad SMARTS) is 1. The number of aliphatic carboxylic acids is 1. The van der Waals surface area contributed by atoms with Gasteiger partial charge in [-0.15, -0.1) is 0 Å². The van der Waals surface area contributed by atoms with Crippen LogP contribution in [0.25, 0.3) is 0 Å². The van der Waals surface area contributed by atoms with Gasteiger partial charge in [0.25, 0.3) is 0 Å². The van der Waals surface area contributed by atoms with Crippen molar-refractivity contribution in [2.45, 2.75) is 75.7 Å². The Bertz CT molecular complexity index is 735. The summed E-state index contributed by atoms with van der Waals surface area (Å²) in [6.07, 6.45) is 2.77. The molecule has 0 radical (unpaired) electrons. The van der Waals surface area contributed by atoms with Gasteiger partial charge < -0.3 is 49.1 Å². The molecule has 14 nitrogen and oxygen atoms in total. The van der Waals surface area contributed by atoms with Crippen LogP contribution in [0.15, 0.2) is 4.99 Å². The maximum atomic E-state index is 12.9. The second-order valence-corrected chi connectivity index (χ2v) is 9.29. The second kappa shape index (κ2) is 18.6. The highest BCUT2D eigenvalue weighted by molar-refractivity contribution is 7.98. The van der Waals surface area contributed by atoms with Crippen molar-refractivity contribution in [2.24, 2.45) is 27.9 Å². The molecule has 0 aliphatic carbocycles. The summed E-state index contributed by atoms with van der Waals surface area (Å²) in [7, 11) is 0. The maximum absolute atomic E-state index is 12.9. The van der Waals surface area contributed by atoms with E-state index in [-0.39, 0.29) is 25.3 Å². The molecule has 208 valence electrons. The lowest BCUT2D eigenvalue weighted by Crippen LogP contribution is -2.59. The van der Waals surface area contributed by atoms with Crippen LogP contribution in [-0.4, -0.2) is 95.2 Å². The monoisotopic (exact) mass is 534 g/mol. The Labute approximate surface area is 215 Å². The van der Waals surface area contributed by atoms with Crippen molar-refractivity contribution in [3.63, 3.8) is 0 Å². The number of carbonyl (C=O) groups excluding carboxylic acids is 3. The zero-order chi connectivity index (χ0) is 27.7. The molecular formula is C21H42N8O6S. The molecule has 0 bridgehead atoms. The van der Waals surface area contributed by atoms with Gasteiger partial charge in [-0.2, -0.15) is 11.8 Å². The first-order valence-electron chi connectivity index (χ1n) is 11.8. The van der Waals surface area contributed by atoms with E-state index >= 15 is 0 Å². The topological polar surface area (TPSA) is 261 Å². The van der Waals surface area contributed by atoms with Gasteiger partial charge in [-0.3, -0.25) is 19.4 Å². The Balaban J connectivity index is 5.29. The van der Waals surface area contributed by atoms with E-state index in [0.29, 0.717) is 38.0 Å². The first kappa shape index (κ1) is 33.4. The number of thioether (sulfide) groups is 1. The highest BCUT2D eigenvalue weighted by Crippen LogP contribution is 2.06. The molecule has 0 saturated heterocycles. The van der Waals surface area contributed by atoms with E-state index in [4.69, 9.17) is 22.9 Å². The van der Waals surface area contributed by atoms with Gasteiger partial charge in [-0.25, -0.2) is 4.79 Å². The van der Waals surface area contributed by atoms with Crippen molar-refractivity contribution in [2.75, 3.05) is 25.1 Å². The molecule has 15 heteroatoms. The fourth-order valence-electron chi connectivity index (χ4n) is 3.10. The maximum Gasteiger partial charge on any atom is 0.326 e. The predicted octanol–water partition coefficient (Wildman–Crippen LogP) is -2.83. The van der Waals surface area contributed by atoms with Crippen LogP contribution in [0.2, 0.25) is 0 Å². The van der Waals surface area contributed by atoms with Gasteiger partial charge >= 0.3 is 5.97 Å². The van der Waals surface area contributed by atoms with Crippen molar-refractivity contribution < 1.29 is 29.4 Å². The summed E-state index contributed by atoms with van der Waals surface area (Å²) in [5.74, 6) is -3.01. The van der Waals surface area contributed by atoms with Crippen molar-refractivity contribution in [1.82, 2.24) is 16.0 Å². The molecule has 3 amide bonds. The summed E-state index contributed by atoms with van der Waals surface area (Å²) in [4.78, 5) is 53.5. The minimum atomic E-state index is -1.36. The molecule has 0 heterocycles. The smallest absolute Gasteiger partial charge is 0.326 e. The Morgan fingerprint density at radius 1 is 0.917 bits per heavy atom. The average molecular weight is 535 g/mol. The molecule has 0 aromatic carbocycles. The van der Waals surface area contributed by atoms with E-state index in [0.717, 1.165) is 0 Å². The lowest BCUT2D eigenvalue weighted by molar-refractivity contribution is -0.142. The lowest BCUT2D eigenvalue weighted by atomic mass is 10.1. The number of carboxylic acids is 1. The number of hydrogen-bond donors (Lipinski definition) is 9. The van der Waals surface area contributed by atoms with E-state index in [1.807, 2.05) is 6.26 Å². The number of hydrogen-bond acceptors (Lipinski definition) is 9. The van der Waals surface area contributed by atoms with Gasteiger partial charge in [-0.1, -0.05) is 6.42 Å². The molecule has 0 spiro atoms. The molecule has 5 unspecified atom stereocenters. The number of amides is 3. The van der Waals surface area contributed by atoms with E-state index in [9.17, 15) is 29.4 Å². The average Bonchev–Trinajstić information content (AvgIpc) is 2.80. The van der Waals surface area contributed by atoms with Crippen LogP contribution in [0.4, 0.5) is 0 Å². The standard InChI is InChI=1S/C21H42N8O6S/c1-12(30)16(29-17(31)13(23)6-3-4-9-22)19(33)27-14(8-11-36-2)18(32)28-15(20(34)35)7-5-10-26-21(24)25/h12-16,30H,3-11,22-23H2,1-2H3,(H,27,33)(H,28,32)(H,29,31)(H,34,35)(H4,24,25,26). The number of aliphatic hydroxyl groups is 1. The van der Waals surface area contributed by atoms with Gasteiger partial charge in [0.1, 0.15) is 18.1 Å². The number of unbranched alkanes of at least 4 members (excludes halogenated alkanes) is 1. The summed E-state index contributed by atoms with van der Waals surface area (Å²) >= 11 is 1.43. The fourth-order valence-corrected chi connectivity index (χ4v) is 3.58. The van der Waals surface area contributed by atoms with E-state index in [2.05, 4.69) is 20.9 Å². The van der Waals surface area contributed by atoms with Gasteiger partial charge in [0.2, 0.25) is 17.7 Å². The van der Waals surface area contributed by atoms with Crippen molar-refractivity contribution >= 4 is 41.4 Å². The third-order valence-corrected chi connectivity index (χ3v) is 5.82. The molecule has 0 aromatic heterocycles. The highest BCUT2D eigenvalue weighted by Gasteiger charge is 2.32. The molecule has 0 saturated carbocycles. The number of nitrogens with zero attached hydrogens (tertiary/aromatic N) is 1. The van der Waals surface area contributed by atoms with Crippen LogP contribution < -0.4 is 38.9 Å². The SMILES string of the molecule is CSCCC(NC(=O)C(NC(=O)C(N)CCCCN)C(C)O)C(=O)NC(CCCN=C(N)N)C(=O)O. The van der Waals surface area contributed by atoms with Crippen molar-refractivity contribution in [1.29, 1.82) is 0 Å². The normalized spacial score (nSPS) is 15.0. The number of aliphatic imine (C=N–C) groups is 1. The summed E-state index contributed by atoms with van der Waals surface area (Å²) in [6, 6.07) is -4.57. The zero-order valence-corrected chi connectivity index (χ0v) is 21.8. The zero-order valence-electron chi connectivity index (χ0n) is 20.9. The Morgan fingerprint density at radius 3 is 2.08 bits per heavy atom. The number of nitrogens with one attached hydrogen (secondary N) is 3. The summed E-state index contributed by atoms with van der Waals surface area (Å²) in [6.45, 7) is 1.97. The van der Waals surface area contributed by atoms with E-state index in [1.54, 1.807) is 0 Å². The van der Waals surface area contributed by atoms with Crippen LogP contribution in [0, 0.1) is 0 Å². The molecule has 13 N–H and O–H groups in total. The molecule has 36 heavy (non-hydrogen) atoms. The van der Waals surface area contributed by atoms with Crippen LogP contribution >= 0.6 is 11.8 Å². The second-order valence-electron chi connectivity index (χ2n) is 8.31. The van der Waals surface area contributed by atoms with Crippen LogP contribution in [0.3, 0.4) is 0 Å². The predicted molar refractivity (Wildman–Crippen MR) is 139 cm³/mol. The molecule has 0 aromatic rings. The van der Waals surface area contributed by atoms with Crippen LogP contribution in [0.5, 0.6) is 0 Å². The number of aliphatic hydroxyl groups excluding tert-OH is 1. The van der Waals surface area contributed by atoms with Crippen LogP contribution in [-0.2, 0) is 19.2 Å². The number of guanidine groups is 1. The fraction of sp³-hybridized carbons (Fsp3) is 0.762. The Morgan fingerprint density at radius 2 is 1.56 bits per heavy atom. The minimum absolute atomic E-state index is 0.0649. The lowest BCUT2D eigenvalue weighted by Gasteiger charge is -2.26. The molecule has 0 aliphatic rings. The van der Waals surface area contributed by atoms with Gasteiger partial charge in [-0.05, 0) is 57.6 Å². The van der Waals surface area contributed by atoms with Crippen molar-refractivity contribution in [3.05, 3.63) is 0 Å². The van der Waals surface area contributed by atoms with Gasteiger partial charge in [0.05, 0.1) is 12.1 Å². The van der Waals surface area contributed by atoms with E-state index < -0.39 is 54.0 Å². The summed E-state index contributed by atoms with van der Waals surface area (Å²) in [5.41, 5.74) is 21.8. The number of rotatable bonds is 19. The number of nitrogens with two attached hydrogens (primary N) is 4. The largest absolute Gasteiger partial charge is 0.480 e. The highest BCUT2D eigenvalue weighted by atomic mass is 32.2. The third kappa shape index (κ3) is 14.1. The molecular weight excluding hydrogens is 492 g/mol. The minimum Gasteiger partial charge on any atom is -0.480 e. The summed E-state index contributed by atoms with van der Waals surface area (Å²) < 4.78 is 0. The quantitative estimate of drug-likeness (QED) is 0.0463. The Kier molecular flexibility index (Phi) is 17.3. The van der Waals surface area contributed by atoms with Crippen molar-refractivity contribution in [3.8, 4) is 0 Å². The van der Waals surface area contributed by atoms with Crippen LogP contribution in [0.1, 0.15) is 45.4 Å². The number of carbonyl (C=O) groups is 4.